The lowest BCUT2D eigenvalue weighted by Gasteiger charge is -2.10. The van der Waals surface area contributed by atoms with Crippen LogP contribution in [0.5, 0.6) is 5.75 Å². The highest BCUT2D eigenvalue weighted by atomic mass is 32.2. The van der Waals surface area contributed by atoms with Crippen molar-refractivity contribution >= 4 is 29.3 Å². The number of carbonyl (C=O) groups is 2. The van der Waals surface area contributed by atoms with Gasteiger partial charge in [0.1, 0.15) is 5.75 Å². The van der Waals surface area contributed by atoms with Gasteiger partial charge in [0.25, 0.3) is 0 Å². The first kappa shape index (κ1) is 13.4. The van der Waals surface area contributed by atoms with Gasteiger partial charge in [0, 0.05) is 0 Å². The fourth-order valence-corrected chi connectivity index (χ4v) is 1.49. The van der Waals surface area contributed by atoms with Gasteiger partial charge in [-0.15, -0.1) is 0 Å². The van der Waals surface area contributed by atoms with Crippen molar-refractivity contribution in [3.05, 3.63) is 24.3 Å². The van der Waals surface area contributed by atoms with E-state index in [0.29, 0.717) is 17.2 Å². The first-order valence-corrected chi connectivity index (χ1v) is 6.25. The van der Waals surface area contributed by atoms with Crippen LogP contribution in [0.15, 0.2) is 24.3 Å². The number of thioether (sulfide) groups is 1. The Labute approximate surface area is 103 Å². The summed E-state index contributed by atoms with van der Waals surface area (Å²) in [5.74, 6) is -0.517. The fourth-order valence-electron chi connectivity index (χ4n) is 1.15. The molecule has 1 amide bonds. The number of carbonyl (C=O) groups excluding carboxylic acids is 1. The summed E-state index contributed by atoms with van der Waals surface area (Å²) in [5, 5.41) is 11.2. The van der Waals surface area contributed by atoms with Gasteiger partial charge >= 0.3 is 5.97 Å². The molecular formula is C11H13NO4S. The third-order valence-electron chi connectivity index (χ3n) is 1.79. The van der Waals surface area contributed by atoms with Crippen molar-refractivity contribution < 1.29 is 19.4 Å². The number of benzene rings is 1. The normalized spacial score (nSPS) is 9.71. The molecule has 92 valence electrons. The summed E-state index contributed by atoms with van der Waals surface area (Å²) in [6, 6.07) is 6.72. The van der Waals surface area contributed by atoms with E-state index >= 15 is 0 Å². The highest BCUT2D eigenvalue weighted by molar-refractivity contribution is 7.99. The SMILES string of the molecule is CSCC(=O)Nc1ccccc1OCC(=O)O. The number of aliphatic carboxylic acids is 1. The van der Waals surface area contributed by atoms with Gasteiger partial charge in [-0.3, -0.25) is 4.79 Å². The van der Waals surface area contributed by atoms with E-state index in [2.05, 4.69) is 5.32 Å². The van der Waals surface area contributed by atoms with Crippen molar-refractivity contribution in [1.82, 2.24) is 0 Å². The lowest BCUT2D eigenvalue weighted by Crippen LogP contribution is -2.16. The molecule has 1 aromatic carbocycles. The minimum atomic E-state index is -1.06. The Morgan fingerprint density at radius 2 is 2.12 bits per heavy atom. The number of anilines is 1. The lowest BCUT2D eigenvalue weighted by atomic mass is 10.3. The van der Waals surface area contributed by atoms with Crippen molar-refractivity contribution in [1.29, 1.82) is 0 Å². The molecule has 0 fully saturated rings. The van der Waals surface area contributed by atoms with Crippen LogP contribution in [-0.2, 0) is 9.59 Å². The first-order valence-electron chi connectivity index (χ1n) is 4.86. The van der Waals surface area contributed by atoms with Crippen LogP contribution in [0.2, 0.25) is 0 Å². The predicted molar refractivity (Wildman–Crippen MR) is 66.6 cm³/mol. The lowest BCUT2D eigenvalue weighted by molar-refractivity contribution is -0.139. The third kappa shape index (κ3) is 4.78. The molecule has 0 aliphatic rings. The molecule has 0 spiro atoms. The molecule has 0 aromatic heterocycles. The summed E-state index contributed by atoms with van der Waals surface area (Å²) in [6.07, 6.45) is 1.83. The van der Waals surface area contributed by atoms with Crippen molar-refractivity contribution in [2.24, 2.45) is 0 Å². The zero-order valence-electron chi connectivity index (χ0n) is 9.30. The van der Waals surface area contributed by atoms with Crippen molar-refractivity contribution in [2.75, 3.05) is 23.9 Å². The number of hydrogen-bond donors (Lipinski definition) is 2. The Kier molecular flexibility index (Phi) is 5.35. The molecule has 1 aromatic rings. The van der Waals surface area contributed by atoms with Crippen LogP contribution in [0.1, 0.15) is 0 Å². The molecule has 6 heteroatoms. The Hall–Kier alpha value is -1.69. The predicted octanol–water partition coefficient (Wildman–Crippen LogP) is 1.45. The average molecular weight is 255 g/mol. The minimum absolute atomic E-state index is 0.149. The maximum absolute atomic E-state index is 11.4. The molecule has 2 N–H and O–H groups in total. The number of carboxylic acids is 1. The fraction of sp³-hybridized carbons (Fsp3) is 0.273. The van der Waals surface area contributed by atoms with Crippen LogP contribution >= 0.6 is 11.8 Å². The third-order valence-corrected chi connectivity index (χ3v) is 2.34. The maximum atomic E-state index is 11.4. The second-order valence-electron chi connectivity index (χ2n) is 3.16. The second-order valence-corrected chi connectivity index (χ2v) is 4.03. The number of nitrogens with one attached hydrogen (secondary N) is 1. The second kappa shape index (κ2) is 6.80. The Morgan fingerprint density at radius 3 is 2.76 bits per heavy atom. The number of amides is 1. The first-order chi connectivity index (χ1) is 8.13. The number of hydrogen-bond acceptors (Lipinski definition) is 4. The van der Waals surface area contributed by atoms with Crippen LogP contribution in [0.3, 0.4) is 0 Å². The molecule has 0 bridgehead atoms. The van der Waals surface area contributed by atoms with E-state index in [1.165, 1.54) is 11.8 Å². The number of ether oxygens (including phenoxy) is 1. The number of rotatable bonds is 6. The zero-order chi connectivity index (χ0) is 12.7. The van der Waals surface area contributed by atoms with Gasteiger partial charge in [-0.05, 0) is 18.4 Å². The molecule has 0 unspecified atom stereocenters. The van der Waals surface area contributed by atoms with E-state index in [0.717, 1.165) is 0 Å². The van der Waals surface area contributed by atoms with E-state index in [-0.39, 0.29) is 5.91 Å². The van der Waals surface area contributed by atoms with Gasteiger partial charge in [0.2, 0.25) is 5.91 Å². The molecule has 0 saturated heterocycles. The molecule has 0 aliphatic carbocycles. The maximum Gasteiger partial charge on any atom is 0.341 e. The van der Waals surface area contributed by atoms with Gasteiger partial charge in [-0.1, -0.05) is 12.1 Å². The van der Waals surface area contributed by atoms with Crippen LogP contribution < -0.4 is 10.1 Å². The Balaban J connectivity index is 2.70. The summed E-state index contributed by atoms with van der Waals surface area (Å²) in [5.41, 5.74) is 0.479. The zero-order valence-corrected chi connectivity index (χ0v) is 10.1. The molecular weight excluding hydrogens is 242 g/mol. The van der Waals surface area contributed by atoms with Crippen LogP contribution in [0.25, 0.3) is 0 Å². The number of carboxylic acid groups (broad SMARTS) is 1. The summed E-state index contributed by atoms with van der Waals surface area (Å²) >= 11 is 1.41. The molecule has 5 nitrogen and oxygen atoms in total. The molecule has 0 aliphatic heterocycles. The average Bonchev–Trinajstić information content (AvgIpc) is 2.28. The molecule has 17 heavy (non-hydrogen) atoms. The van der Waals surface area contributed by atoms with Crippen LogP contribution in [0.4, 0.5) is 5.69 Å². The molecule has 0 radical (unpaired) electrons. The van der Waals surface area contributed by atoms with Gasteiger partial charge in [0.15, 0.2) is 6.61 Å². The Bertz CT molecular complexity index is 408. The largest absolute Gasteiger partial charge is 0.480 e. The topological polar surface area (TPSA) is 75.6 Å². The van der Waals surface area contributed by atoms with Crippen molar-refractivity contribution in [3.8, 4) is 5.75 Å². The van der Waals surface area contributed by atoms with Crippen molar-refractivity contribution in [3.63, 3.8) is 0 Å². The van der Waals surface area contributed by atoms with Crippen molar-refractivity contribution in [2.45, 2.75) is 0 Å². The highest BCUT2D eigenvalue weighted by Crippen LogP contribution is 2.23. The van der Waals surface area contributed by atoms with Gasteiger partial charge in [-0.25, -0.2) is 4.79 Å². The summed E-state index contributed by atoms with van der Waals surface area (Å²) in [4.78, 5) is 21.8. The standard InChI is InChI=1S/C11H13NO4S/c1-17-7-10(13)12-8-4-2-3-5-9(8)16-6-11(14)15/h2-5H,6-7H2,1H3,(H,12,13)(H,14,15). The summed E-state index contributed by atoms with van der Waals surface area (Å²) < 4.78 is 5.06. The van der Waals surface area contributed by atoms with Crippen LogP contribution in [-0.4, -0.2) is 35.6 Å². The van der Waals surface area contributed by atoms with E-state index in [1.54, 1.807) is 24.3 Å². The Morgan fingerprint density at radius 1 is 1.41 bits per heavy atom. The highest BCUT2D eigenvalue weighted by Gasteiger charge is 2.08. The minimum Gasteiger partial charge on any atom is -0.480 e. The van der Waals surface area contributed by atoms with E-state index in [4.69, 9.17) is 9.84 Å². The molecule has 0 saturated carbocycles. The molecule has 0 heterocycles. The van der Waals surface area contributed by atoms with Gasteiger partial charge in [0.05, 0.1) is 11.4 Å². The summed E-state index contributed by atoms with van der Waals surface area (Å²) in [7, 11) is 0. The monoisotopic (exact) mass is 255 g/mol. The van der Waals surface area contributed by atoms with E-state index < -0.39 is 12.6 Å². The van der Waals surface area contributed by atoms with Gasteiger partial charge < -0.3 is 15.2 Å². The van der Waals surface area contributed by atoms with E-state index in [9.17, 15) is 9.59 Å². The van der Waals surface area contributed by atoms with Crippen LogP contribution in [0, 0.1) is 0 Å². The number of para-hydroxylation sites is 2. The van der Waals surface area contributed by atoms with Gasteiger partial charge in [-0.2, -0.15) is 11.8 Å². The smallest absolute Gasteiger partial charge is 0.341 e. The quantitative estimate of drug-likeness (QED) is 0.804. The summed E-state index contributed by atoms with van der Waals surface area (Å²) in [6.45, 7) is -0.435. The van der Waals surface area contributed by atoms with E-state index in [1.807, 2.05) is 6.26 Å². The molecule has 0 atom stereocenters. The molecule has 1 rings (SSSR count).